The fraction of sp³-hybridized carbons (Fsp3) is 0.787. The molecule has 0 bridgehead atoms. The molecule has 0 radical (unpaired) electrons. The Labute approximate surface area is 380 Å². The predicted molar refractivity (Wildman–Crippen MR) is 249 cm³/mol. The average Bonchev–Trinajstić information content (AvgIpc) is 3.77. The van der Waals surface area contributed by atoms with E-state index in [2.05, 4.69) is 27.5 Å². The zero-order valence-corrected chi connectivity index (χ0v) is 36.3. The molecule has 16 nitrogen and oxygen atoms in total. The minimum atomic E-state index is -1.23. The van der Waals surface area contributed by atoms with E-state index in [-0.39, 0.29) is 61.2 Å². The summed E-state index contributed by atoms with van der Waals surface area (Å²) >= 11 is 0. The van der Waals surface area contributed by atoms with Crippen LogP contribution in [0.15, 0.2) is 30.6 Å². The van der Waals surface area contributed by atoms with Crippen LogP contribution in [0.2, 0.25) is 0 Å². The Morgan fingerprint density at radius 3 is 2.25 bits per heavy atom. The number of ketones is 1. The Kier molecular flexibility index (Phi) is 23.8. The molecule has 1 amide bonds. The Morgan fingerprint density at radius 2 is 1.65 bits per heavy atom. The van der Waals surface area contributed by atoms with E-state index in [1.54, 1.807) is 29.8 Å². The van der Waals surface area contributed by atoms with Gasteiger partial charge in [-0.3, -0.25) is 24.2 Å². The van der Waals surface area contributed by atoms with Crippen molar-refractivity contribution in [2.75, 3.05) is 34.3 Å². The summed E-state index contributed by atoms with van der Waals surface area (Å²) in [6.45, 7) is 16.4. The third-order valence-corrected chi connectivity index (χ3v) is 12.6. The molecule has 13 atom stereocenters. The smallest absolute Gasteiger partial charge is 0.410 e. The lowest BCUT2D eigenvalue weighted by Gasteiger charge is -2.46. The van der Waals surface area contributed by atoms with Gasteiger partial charge in [-0.05, 0) is 105 Å². The van der Waals surface area contributed by atoms with E-state index in [9.17, 15) is 19.5 Å². The monoisotopic (exact) mass is 894 g/mol. The van der Waals surface area contributed by atoms with Gasteiger partial charge in [-0.15, -0.1) is 5.10 Å². The highest BCUT2D eigenvalue weighted by molar-refractivity contribution is 6.00. The largest absolute Gasteiger partial charge is 0.458 e. The number of aryl methyl sites for hydroxylation is 1. The van der Waals surface area contributed by atoms with Crippen molar-refractivity contribution in [3.05, 3.63) is 30.6 Å². The number of rotatable bonds is 11. The summed E-state index contributed by atoms with van der Waals surface area (Å²) < 4.78 is 33.3. The zero-order valence-electron chi connectivity index (χ0n) is 36.3. The number of methoxy groups -OCH3 is 1. The van der Waals surface area contributed by atoms with Crippen molar-refractivity contribution in [2.45, 2.75) is 191 Å². The quantitative estimate of drug-likeness (QED) is 0.131. The molecular weight excluding hydrogens is 807 g/mol. The maximum atomic E-state index is 14.4. The molecule has 364 valence electrons. The molecule has 4 unspecified atom stereocenters. The maximum Gasteiger partial charge on any atom is 0.410 e. The van der Waals surface area contributed by atoms with Gasteiger partial charge in [-0.25, -0.2) is 4.79 Å². The molecule has 2 N–H and O–H groups in total. The van der Waals surface area contributed by atoms with Crippen LogP contribution in [0.4, 0.5) is 4.79 Å². The lowest BCUT2D eigenvalue weighted by atomic mass is 9.78. The second-order valence-corrected chi connectivity index (χ2v) is 17.4. The number of Topliss-reactive ketones (excluding diaryl/α,β-unsaturated/α-hetero) is 1. The lowest BCUT2D eigenvalue weighted by Crippen LogP contribution is -2.61. The predicted octanol–water partition coefficient (Wildman–Crippen LogP) is 7.28. The van der Waals surface area contributed by atoms with Crippen molar-refractivity contribution in [2.24, 2.45) is 17.8 Å². The zero-order chi connectivity index (χ0) is 42.5. The van der Waals surface area contributed by atoms with Crippen molar-refractivity contribution < 1.29 is 43.2 Å². The molecule has 2 aromatic heterocycles. The summed E-state index contributed by atoms with van der Waals surface area (Å²) in [7, 11) is 5.39. The minimum absolute atomic E-state index is 0. The van der Waals surface area contributed by atoms with Crippen LogP contribution in [0, 0.1) is 17.8 Å². The van der Waals surface area contributed by atoms with E-state index in [1.807, 2.05) is 78.0 Å². The number of hydrogen-bond acceptors (Lipinski definition) is 14. The van der Waals surface area contributed by atoms with Crippen LogP contribution in [0.3, 0.4) is 0 Å². The van der Waals surface area contributed by atoms with Gasteiger partial charge in [0.1, 0.15) is 23.8 Å². The van der Waals surface area contributed by atoms with Gasteiger partial charge in [0.15, 0.2) is 17.7 Å². The van der Waals surface area contributed by atoms with Crippen molar-refractivity contribution in [3.8, 4) is 11.4 Å². The van der Waals surface area contributed by atoms with Gasteiger partial charge in [0.2, 0.25) is 0 Å². The van der Waals surface area contributed by atoms with E-state index in [0.717, 1.165) is 12.1 Å². The van der Waals surface area contributed by atoms with E-state index in [4.69, 9.17) is 23.7 Å². The molecule has 0 saturated carbocycles. The molecule has 63 heavy (non-hydrogen) atoms. The highest BCUT2D eigenvalue weighted by Gasteiger charge is 2.58. The number of cyclic esters (lactones) is 1. The van der Waals surface area contributed by atoms with Gasteiger partial charge < -0.3 is 39.0 Å². The van der Waals surface area contributed by atoms with E-state index in [0.29, 0.717) is 51.0 Å². The van der Waals surface area contributed by atoms with Crippen LogP contribution in [0.1, 0.15) is 125 Å². The number of carbonyl (C=O) groups excluding carboxylic acids is 3. The molecule has 3 aliphatic rings. The molecule has 0 aliphatic carbocycles. The van der Waals surface area contributed by atoms with Crippen LogP contribution < -0.4 is 5.32 Å². The number of nitrogens with zero attached hydrogens (tertiary/aromatic N) is 6. The maximum absolute atomic E-state index is 14.4. The second kappa shape index (κ2) is 25.2. The van der Waals surface area contributed by atoms with Crippen molar-refractivity contribution in [3.63, 3.8) is 0 Å². The molecular formula is C47H87N7O9. The van der Waals surface area contributed by atoms with Crippen molar-refractivity contribution in [1.82, 2.24) is 35.1 Å². The highest BCUT2D eigenvalue weighted by atomic mass is 16.7. The molecule has 5 heterocycles. The fourth-order valence-electron chi connectivity index (χ4n) is 9.25. The van der Waals surface area contributed by atoms with Crippen molar-refractivity contribution >= 4 is 17.8 Å². The summed E-state index contributed by atoms with van der Waals surface area (Å²) in [6, 6.07) is 4.61. The summed E-state index contributed by atoms with van der Waals surface area (Å²) in [5, 5.41) is 23.6. The first-order chi connectivity index (χ1) is 27.4. The van der Waals surface area contributed by atoms with Crippen LogP contribution in [0.25, 0.3) is 11.4 Å². The summed E-state index contributed by atoms with van der Waals surface area (Å²) in [5.74, 6) is -3.15. The van der Waals surface area contributed by atoms with Crippen LogP contribution >= 0.6 is 0 Å². The number of hydrogen-bond donors (Lipinski definition) is 2. The number of aliphatic hydroxyl groups is 1. The average molecular weight is 894 g/mol. The van der Waals surface area contributed by atoms with Gasteiger partial charge in [-0.1, -0.05) is 69.2 Å². The number of likely N-dealkylation sites (N-methyl/N-ethyl adjacent to an activating group) is 1. The van der Waals surface area contributed by atoms with Gasteiger partial charge >= 0.3 is 12.1 Å². The van der Waals surface area contributed by atoms with Gasteiger partial charge in [0, 0.05) is 44.4 Å². The van der Waals surface area contributed by atoms with Gasteiger partial charge in [0.05, 0.1) is 35.7 Å². The van der Waals surface area contributed by atoms with Crippen LogP contribution in [-0.2, 0) is 39.8 Å². The van der Waals surface area contributed by atoms with E-state index >= 15 is 0 Å². The Balaban J connectivity index is 0.00000769. The number of amides is 1. The number of aliphatic hydroxyl groups excluding tert-OH is 1. The number of nitrogens with one attached hydrogen (secondary N) is 1. The van der Waals surface area contributed by atoms with Crippen LogP contribution in [-0.4, -0.2) is 147 Å². The Morgan fingerprint density at radius 1 is 0.984 bits per heavy atom. The number of unbranched alkanes of at least 4 members (excludes halogenated alkanes) is 1. The molecule has 3 fully saturated rings. The Bertz CT molecular complexity index is 1680. The normalized spacial score (nSPS) is 34.0. The van der Waals surface area contributed by atoms with E-state index in [1.165, 1.54) is 6.92 Å². The number of fused-ring (bicyclic) bond motifs is 1. The first-order valence-electron chi connectivity index (χ1n) is 20.9. The summed E-state index contributed by atoms with van der Waals surface area (Å²) in [5.41, 5.74) is -0.833. The summed E-state index contributed by atoms with van der Waals surface area (Å²) in [4.78, 5) is 50.2. The van der Waals surface area contributed by atoms with E-state index < -0.39 is 71.5 Å². The molecule has 3 aliphatic heterocycles. The number of carbonyl (C=O) groups is 3. The third kappa shape index (κ3) is 13.3. The molecule has 0 spiro atoms. The summed E-state index contributed by atoms with van der Waals surface area (Å²) in [6.07, 6.45) is 1.92. The van der Waals surface area contributed by atoms with Crippen LogP contribution in [0.5, 0.6) is 0 Å². The first-order valence-corrected chi connectivity index (χ1v) is 20.9. The molecule has 0 aromatic carbocycles. The Hall–Kier alpha value is -3.54. The SMILES string of the molecule is C.C.C.C.C.CC[C@H]1OC(=O)C(C)C(=O)[C@H](C)[C@@H](O[C@@H]2OC(C)CC(N(C)C)C2O)[C@](C)(OC)C[C@@H](C)CN[C@H](C)[C@H]2N(CCCCn3cc(-c4ccccn4)nn3)C(=O)O[C@]12C. The molecule has 3 saturated heterocycles. The number of esters is 1. The standard InChI is InChI=1S/C42H67N7O9.5CH4/c1-12-33-42(8)36(49(40(53)58-42)20-16-15-19-48-24-31(45-46-48)30-17-13-14-18-43-30)29(6)44-23-25(2)22-41(7,54-11)37(27(4)34(50)28(5)38(52)56-33)57-39-35(51)32(47(9)10)21-26(3)55-39;;;;;/h13-14,17-18,24-29,32-33,35-37,39,44,51H,12,15-16,19-23H2,1-11H3;5*1H4/t25-,26?,27+,28?,29-,32?,33-,35?,36-,37-,39+,41-,42-;;;;;/m1...../s1. The molecule has 5 rings (SSSR count). The van der Waals surface area contributed by atoms with Gasteiger partial charge in [0.25, 0.3) is 0 Å². The number of aromatic nitrogens is 4. The first kappa shape index (κ1) is 59.5. The minimum Gasteiger partial charge on any atom is -0.458 e. The fourth-order valence-corrected chi connectivity index (χ4v) is 9.25. The number of ether oxygens (including phenoxy) is 5. The topological polar surface area (TPSA) is 180 Å². The van der Waals surface area contributed by atoms with Crippen molar-refractivity contribution in [1.29, 1.82) is 0 Å². The molecule has 2 aromatic rings. The second-order valence-electron chi connectivity index (χ2n) is 17.4. The highest BCUT2D eigenvalue weighted by Crippen LogP contribution is 2.40. The van der Waals surface area contributed by atoms with Gasteiger partial charge in [-0.2, -0.15) is 0 Å². The lowest BCUT2D eigenvalue weighted by molar-refractivity contribution is -0.295. The number of pyridine rings is 1. The molecule has 16 heteroatoms. The third-order valence-electron chi connectivity index (χ3n) is 12.6.